The number of aliphatic carboxylic acids is 1. The molecule has 1 aliphatic rings. The first kappa shape index (κ1) is 22.4. The van der Waals surface area contributed by atoms with E-state index in [1.165, 1.54) is 29.0 Å². The molecule has 0 radical (unpaired) electrons. The Bertz CT molecular complexity index is 1110. The minimum atomic E-state index is -1.50. The summed E-state index contributed by atoms with van der Waals surface area (Å²) in [6.07, 6.45) is -1.52. The van der Waals surface area contributed by atoms with Gasteiger partial charge in [0.15, 0.2) is 23.8 Å². The molecule has 4 rings (SSSR count). The molecule has 5 atom stereocenters. The van der Waals surface area contributed by atoms with E-state index in [1.54, 1.807) is 11.3 Å². The van der Waals surface area contributed by atoms with E-state index < -0.39 is 42.4 Å². The number of rotatable bonds is 8. The van der Waals surface area contributed by atoms with Crippen LogP contribution in [0.2, 0.25) is 0 Å². The molecule has 1 amide bonds. The fourth-order valence-electron chi connectivity index (χ4n) is 3.36. The van der Waals surface area contributed by atoms with Crippen molar-refractivity contribution >= 4 is 52.0 Å². The number of ether oxygens (including phenoxy) is 1. The minimum Gasteiger partial charge on any atom is -0.479 e. The van der Waals surface area contributed by atoms with Crippen LogP contribution >= 0.6 is 23.1 Å². The summed E-state index contributed by atoms with van der Waals surface area (Å²) < 4.78 is 6.92. The van der Waals surface area contributed by atoms with Crippen molar-refractivity contribution in [2.24, 2.45) is 5.73 Å². The zero-order chi connectivity index (χ0) is 22.8. The molecule has 4 heterocycles. The first-order chi connectivity index (χ1) is 15.4. The maximum Gasteiger partial charge on any atom is 0.335 e. The number of fused-ring (bicyclic) bond motifs is 1. The molecule has 0 aromatic carbocycles. The maximum atomic E-state index is 12.6. The standard InChI is InChI=1S/C18H21N7O5S2/c19-9(5-31-4-8-2-1-3-32-8)16(27)24-10-12(26)17(30-13(10)18(28)29)25-7-23-11-14(20)21-6-22-15(11)25/h1-3,6-7,9-10,12-13,17,26H,4-5,19H2,(H,24,27)(H,28,29)(H2,20,21,22)/t9?,10-,12+,13-,17+/m0/s1. The van der Waals surface area contributed by atoms with E-state index in [1.807, 2.05) is 17.5 Å². The van der Waals surface area contributed by atoms with E-state index in [2.05, 4.69) is 20.3 Å². The van der Waals surface area contributed by atoms with E-state index in [0.29, 0.717) is 11.5 Å². The highest BCUT2D eigenvalue weighted by Gasteiger charge is 2.49. The van der Waals surface area contributed by atoms with Crippen molar-refractivity contribution in [1.82, 2.24) is 24.8 Å². The van der Waals surface area contributed by atoms with Gasteiger partial charge in [0.25, 0.3) is 0 Å². The summed E-state index contributed by atoms with van der Waals surface area (Å²) in [5.74, 6) is -0.739. The lowest BCUT2D eigenvalue weighted by molar-refractivity contribution is -0.152. The second-order valence-electron chi connectivity index (χ2n) is 7.09. The van der Waals surface area contributed by atoms with Crippen molar-refractivity contribution in [1.29, 1.82) is 0 Å². The van der Waals surface area contributed by atoms with Crippen LogP contribution in [0.1, 0.15) is 11.1 Å². The van der Waals surface area contributed by atoms with Crippen LogP contribution in [0.15, 0.2) is 30.2 Å². The molecule has 1 fully saturated rings. The van der Waals surface area contributed by atoms with Crippen molar-refractivity contribution in [3.05, 3.63) is 35.0 Å². The Hall–Kier alpha value is -2.78. The highest BCUT2D eigenvalue weighted by Crippen LogP contribution is 2.32. The van der Waals surface area contributed by atoms with Crippen molar-refractivity contribution in [3.8, 4) is 0 Å². The Morgan fingerprint density at radius 1 is 1.38 bits per heavy atom. The number of carbonyl (C=O) groups excluding carboxylic acids is 1. The molecule has 14 heteroatoms. The lowest BCUT2D eigenvalue weighted by Gasteiger charge is -2.22. The van der Waals surface area contributed by atoms with Crippen molar-refractivity contribution < 1.29 is 24.5 Å². The Morgan fingerprint density at radius 3 is 2.91 bits per heavy atom. The van der Waals surface area contributed by atoms with Crippen LogP contribution in [0.25, 0.3) is 11.2 Å². The largest absolute Gasteiger partial charge is 0.479 e. The van der Waals surface area contributed by atoms with Crippen LogP contribution in [-0.4, -0.2) is 71.7 Å². The van der Waals surface area contributed by atoms with Crippen molar-refractivity contribution in [2.75, 3.05) is 11.5 Å². The summed E-state index contributed by atoms with van der Waals surface area (Å²) in [5.41, 5.74) is 12.3. The van der Waals surface area contributed by atoms with Crippen LogP contribution < -0.4 is 16.8 Å². The number of thiophene rings is 1. The second kappa shape index (κ2) is 9.38. The number of thioether (sulfide) groups is 1. The SMILES string of the molecule is Nc1ncnc2c1ncn2[C@@H]1O[C@H](C(=O)O)[C@@H](NC(=O)C(N)CSCc2cccs2)[C@H]1O. The highest BCUT2D eigenvalue weighted by molar-refractivity contribution is 7.98. The number of carboxylic acids is 1. The summed E-state index contributed by atoms with van der Waals surface area (Å²) >= 11 is 3.10. The molecule has 1 unspecified atom stereocenters. The first-order valence-electron chi connectivity index (χ1n) is 9.52. The van der Waals surface area contributed by atoms with Gasteiger partial charge < -0.3 is 31.7 Å². The van der Waals surface area contributed by atoms with E-state index in [-0.39, 0.29) is 17.0 Å². The average molecular weight is 480 g/mol. The Morgan fingerprint density at radius 2 is 2.19 bits per heavy atom. The second-order valence-corrected chi connectivity index (χ2v) is 9.16. The van der Waals surface area contributed by atoms with Gasteiger partial charge >= 0.3 is 5.97 Å². The number of aliphatic hydroxyl groups is 1. The number of nitrogens with one attached hydrogen (secondary N) is 1. The summed E-state index contributed by atoms with van der Waals surface area (Å²) in [4.78, 5) is 37.5. The number of carboxylic acid groups (broad SMARTS) is 1. The number of amides is 1. The Labute approximate surface area is 190 Å². The van der Waals surface area contributed by atoms with Gasteiger partial charge in [0, 0.05) is 16.4 Å². The monoisotopic (exact) mass is 479 g/mol. The number of carbonyl (C=O) groups is 2. The Balaban J connectivity index is 1.45. The fraction of sp³-hybridized carbons (Fsp3) is 0.389. The minimum absolute atomic E-state index is 0.131. The number of imidazole rings is 1. The number of hydrogen-bond acceptors (Lipinski definition) is 11. The number of nitrogens with zero attached hydrogens (tertiary/aromatic N) is 4. The number of aliphatic hydroxyl groups excluding tert-OH is 1. The predicted octanol–water partition coefficient (Wildman–Crippen LogP) is -0.442. The van der Waals surface area contributed by atoms with Gasteiger partial charge in [-0.3, -0.25) is 9.36 Å². The molecular weight excluding hydrogens is 458 g/mol. The summed E-state index contributed by atoms with van der Waals surface area (Å²) in [5, 5.41) is 24.9. The lowest BCUT2D eigenvalue weighted by Crippen LogP contribution is -2.54. The molecular formula is C18H21N7O5S2. The molecule has 0 saturated carbocycles. The number of aromatic nitrogens is 4. The third-order valence-corrected chi connectivity index (χ3v) is 7.11. The number of nitrogens with two attached hydrogens (primary N) is 2. The molecule has 3 aromatic heterocycles. The van der Waals surface area contributed by atoms with Crippen LogP contribution in [0.4, 0.5) is 5.82 Å². The van der Waals surface area contributed by atoms with E-state index in [9.17, 15) is 19.8 Å². The number of anilines is 1. The molecule has 1 aliphatic heterocycles. The molecule has 12 nitrogen and oxygen atoms in total. The van der Waals surface area contributed by atoms with Crippen molar-refractivity contribution in [3.63, 3.8) is 0 Å². The zero-order valence-electron chi connectivity index (χ0n) is 16.6. The fourth-order valence-corrected chi connectivity index (χ4v) is 5.19. The van der Waals surface area contributed by atoms with Gasteiger partial charge in [0.2, 0.25) is 5.91 Å². The van der Waals surface area contributed by atoms with Crippen LogP contribution in [0, 0.1) is 0 Å². The van der Waals surface area contributed by atoms with Crippen LogP contribution in [-0.2, 0) is 20.1 Å². The molecule has 7 N–H and O–H groups in total. The first-order valence-corrected chi connectivity index (χ1v) is 11.6. The number of nitrogen functional groups attached to an aromatic ring is 1. The molecule has 1 saturated heterocycles. The van der Waals surface area contributed by atoms with Crippen molar-refractivity contribution in [2.45, 2.75) is 36.3 Å². The lowest BCUT2D eigenvalue weighted by atomic mass is 10.1. The van der Waals surface area contributed by atoms with Gasteiger partial charge in [-0.15, -0.1) is 11.3 Å². The van der Waals surface area contributed by atoms with Gasteiger partial charge in [-0.05, 0) is 11.4 Å². The highest BCUT2D eigenvalue weighted by atomic mass is 32.2. The molecule has 32 heavy (non-hydrogen) atoms. The zero-order valence-corrected chi connectivity index (χ0v) is 18.2. The topological polar surface area (TPSA) is 192 Å². The molecule has 0 spiro atoms. The van der Waals surface area contributed by atoms with Gasteiger partial charge in [0.1, 0.15) is 17.9 Å². The maximum absolute atomic E-state index is 12.6. The molecule has 3 aromatic rings. The van der Waals surface area contributed by atoms with Gasteiger partial charge in [-0.2, -0.15) is 11.8 Å². The molecule has 0 bridgehead atoms. The quantitative estimate of drug-likeness (QED) is 0.281. The molecule has 0 aliphatic carbocycles. The summed E-state index contributed by atoms with van der Waals surface area (Å²) in [7, 11) is 0. The number of hydrogen-bond donors (Lipinski definition) is 5. The van der Waals surface area contributed by atoms with E-state index in [4.69, 9.17) is 16.2 Å². The molecule has 170 valence electrons. The summed E-state index contributed by atoms with van der Waals surface area (Å²) in [6.45, 7) is 0. The smallest absolute Gasteiger partial charge is 0.335 e. The average Bonchev–Trinajstić information content (AvgIpc) is 3.49. The van der Waals surface area contributed by atoms with E-state index in [0.717, 1.165) is 4.88 Å². The normalized spacial score (nSPS) is 23.9. The summed E-state index contributed by atoms with van der Waals surface area (Å²) in [6, 6.07) is 1.82. The van der Waals surface area contributed by atoms with Gasteiger partial charge in [-0.1, -0.05) is 6.07 Å². The van der Waals surface area contributed by atoms with Crippen LogP contribution in [0.5, 0.6) is 0 Å². The van der Waals surface area contributed by atoms with E-state index >= 15 is 0 Å². The van der Waals surface area contributed by atoms with Crippen LogP contribution in [0.3, 0.4) is 0 Å². The predicted molar refractivity (Wildman–Crippen MR) is 118 cm³/mol. The van der Waals surface area contributed by atoms with Gasteiger partial charge in [-0.25, -0.2) is 19.7 Å². The Kier molecular flexibility index (Phi) is 6.57. The third-order valence-electron chi connectivity index (χ3n) is 4.94. The van der Waals surface area contributed by atoms with Gasteiger partial charge in [0.05, 0.1) is 18.4 Å². The third kappa shape index (κ3) is 4.40.